The number of carbonyl (C=O) groups is 5. The molecule has 2 aliphatic heterocycles. The molecule has 58 heavy (non-hydrogen) atoms. The SMILES string of the molecule is COc1cccc2c1C(=O)c1c(O)c3c(c(O)c1C2=O)C[C@@](O)(/C(CO)=N/NC(=O)CCCCCN1C(=O)C=CC1=O)C[C@]3(C)COC1C[C@H](N)[C@](C)(O)[C@H](C)O1.Cl. The van der Waals surface area contributed by atoms with Crippen molar-refractivity contribution in [3.8, 4) is 17.2 Å². The molecule has 0 saturated carbocycles. The van der Waals surface area contributed by atoms with Gasteiger partial charge in [0, 0.05) is 66.1 Å². The summed E-state index contributed by atoms with van der Waals surface area (Å²) in [5, 5.41) is 61.7. The van der Waals surface area contributed by atoms with Crippen molar-refractivity contribution in [2.45, 2.75) is 101 Å². The number of nitrogens with two attached hydrogens (primary N) is 1. The number of hydrogen-bond donors (Lipinski definition) is 7. The first kappa shape index (κ1) is 44.4. The molecule has 0 radical (unpaired) electrons. The Morgan fingerprint density at radius 3 is 2.33 bits per heavy atom. The van der Waals surface area contributed by atoms with Crippen molar-refractivity contribution in [2.24, 2.45) is 10.8 Å². The van der Waals surface area contributed by atoms with Crippen LogP contribution in [0.2, 0.25) is 0 Å². The summed E-state index contributed by atoms with van der Waals surface area (Å²) in [4.78, 5) is 65.5. The van der Waals surface area contributed by atoms with E-state index in [1.54, 1.807) is 20.8 Å². The summed E-state index contributed by atoms with van der Waals surface area (Å²) in [7, 11) is 1.33. The maximum absolute atomic E-state index is 14.1. The Labute approximate surface area is 340 Å². The highest BCUT2D eigenvalue weighted by atomic mass is 35.5. The third kappa shape index (κ3) is 7.87. The molecule has 0 bridgehead atoms. The van der Waals surface area contributed by atoms with Gasteiger partial charge in [0.05, 0.1) is 48.8 Å². The van der Waals surface area contributed by atoms with Gasteiger partial charge in [-0.3, -0.25) is 28.9 Å². The van der Waals surface area contributed by atoms with Crippen LogP contribution in [0.5, 0.6) is 17.2 Å². The normalized spacial score (nSPS) is 27.8. The number of aromatic hydroxyl groups is 2. The fourth-order valence-electron chi connectivity index (χ4n) is 8.25. The van der Waals surface area contributed by atoms with Gasteiger partial charge < -0.3 is 45.5 Å². The standard InChI is InChI=1S/C40H48N4O13.ClH/c1-20-39(3,53)24(41)15-29(57-20)56-19-38(2)18-40(54,25(17-45)42-43-26(46)11-6-5-7-14-44-27(47)12-13-28(44)48)16-22-33(38)37(52)32-31(35(22)50)34(49)21-9-8-10-23(55-4)30(21)36(32)51;/h8-10,12-13,20,24,29,45,50,52-54H,5-7,11,14-19,41H2,1-4H3,(H,43,46);1H/b42-25+;/t20-,24-,29?,38+,39+,40-;/m0./s1. The number of hydrogen-bond acceptors (Lipinski definition) is 15. The van der Waals surface area contributed by atoms with Crippen LogP contribution in [0.4, 0.5) is 0 Å². The second-order valence-electron chi connectivity index (χ2n) is 15.6. The number of amides is 3. The van der Waals surface area contributed by atoms with Crippen LogP contribution >= 0.6 is 12.4 Å². The van der Waals surface area contributed by atoms with Crippen molar-refractivity contribution in [2.75, 3.05) is 26.9 Å². The predicted octanol–water partition coefficient (Wildman–Crippen LogP) is 1.42. The number of phenols is 2. The number of unbranched alkanes of at least 4 members (excludes halogenated alkanes) is 2. The molecular formula is C40H49ClN4O13. The lowest BCUT2D eigenvalue weighted by Gasteiger charge is -2.47. The third-order valence-corrected chi connectivity index (χ3v) is 11.6. The maximum Gasteiger partial charge on any atom is 0.253 e. The number of nitrogens with one attached hydrogen (secondary N) is 1. The molecule has 2 aliphatic carbocycles. The fraction of sp³-hybridized carbons (Fsp3) is 0.500. The molecule has 0 spiro atoms. The highest BCUT2D eigenvalue weighted by Crippen LogP contribution is 2.54. The van der Waals surface area contributed by atoms with Crippen LogP contribution in [0.25, 0.3) is 0 Å². The molecular weight excluding hydrogens is 780 g/mol. The number of nitrogens with zero attached hydrogens (tertiary/aromatic N) is 2. The van der Waals surface area contributed by atoms with E-state index < -0.39 is 88.2 Å². The van der Waals surface area contributed by atoms with Crippen molar-refractivity contribution in [1.29, 1.82) is 0 Å². The fourth-order valence-corrected chi connectivity index (χ4v) is 8.25. The first-order chi connectivity index (χ1) is 26.9. The van der Waals surface area contributed by atoms with E-state index in [2.05, 4.69) is 10.5 Å². The van der Waals surface area contributed by atoms with Crippen LogP contribution in [0.1, 0.15) is 102 Å². The molecule has 6 atom stereocenters. The second-order valence-corrected chi connectivity index (χ2v) is 15.6. The van der Waals surface area contributed by atoms with E-state index in [9.17, 15) is 49.5 Å². The Morgan fingerprint density at radius 1 is 1.02 bits per heavy atom. The minimum absolute atomic E-state index is 0. The summed E-state index contributed by atoms with van der Waals surface area (Å²) in [5.74, 6) is -4.09. The largest absolute Gasteiger partial charge is 0.507 e. The van der Waals surface area contributed by atoms with Crippen molar-refractivity contribution in [1.82, 2.24) is 10.3 Å². The van der Waals surface area contributed by atoms with Crippen LogP contribution in [0.15, 0.2) is 35.5 Å². The Balaban J connectivity index is 0.00000641. The number of hydrazone groups is 1. The molecule has 8 N–H and O–H groups in total. The Kier molecular flexibility index (Phi) is 12.9. The van der Waals surface area contributed by atoms with Crippen molar-refractivity contribution in [3.05, 3.63) is 63.7 Å². The Bertz CT molecular complexity index is 2050. The third-order valence-electron chi connectivity index (χ3n) is 11.6. The number of ether oxygens (including phenoxy) is 3. The van der Waals surface area contributed by atoms with Gasteiger partial charge in [0.15, 0.2) is 12.1 Å². The van der Waals surface area contributed by atoms with Gasteiger partial charge in [-0.15, -0.1) is 12.4 Å². The van der Waals surface area contributed by atoms with Gasteiger partial charge in [-0.1, -0.05) is 25.5 Å². The molecule has 17 nitrogen and oxygen atoms in total. The molecule has 1 saturated heterocycles. The Hall–Kier alpha value is -4.75. The topological polar surface area (TPSA) is 268 Å². The molecule has 18 heteroatoms. The molecule has 6 rings (SSSR count). The number of methoxy groups -OCH3 is 1. The molecule has 2 aromatic carbocycles. The zero-order valence-corrected chi connectivity index (χ0v) is 33.4. The van der Waals surface area contributed by atoms with Gasteiger partial charge in [0.1, 0.15) is 28.5 Å². The summed E-state index contributed by atoms with van der Waals surface area (Å²) in [6.07, 6.45) is 1.26. The number of carbonyl (C=O) groups excluding carboxylic acids is 5. The van der Waals surface area contributed by atoms with Crippen molar-refractivity contribution < 1.29 is 63.7 Å². The molecule has 314 valence electrons. The van der Waals surface area contributed by atoms with Gasteiger partial charge in [-0.2, -0.15) is 5.10 Å². The monoisotopic (exact) mass is 828 g/mol. The number of fused-ring (bicyclic) bond motifs is 3. The quantitative estimate of drug-likeness (QED) is 0.0423. The number of aliphatic hydroxyl groups is 3. The average Bonchev–Trinajstić information content (AvgIpc) is 3.48. The van der Waals surface area contributed by atoms with E-state index in [1.165, 1.54) is 37.5 Å². The second kappa shape index (κ2) is 16.8. The summed E-state index contributed by atoms with van der Waals surface area (Å²) in [6, 6.07) is 3.64. The van der Waals surface area contributed by atoms with Crippen LogP contribution in [-0.4, -0.2) is 122 Å². The first-order valence-electron chi connectivity index (χ1n) is 18.7. The summed E-state index contributed by atoms with van der Waals surface area (Å²) < 4.78 is 17.5. The molecule has 1 fully saturated rings. The molecule has 3 amide bonds. The van der Waals surface area contributed by atoms with Gasteiger partial charge in [-0.05, 0) is 39.2 Å². The number of halogens is 1. The van der Waals surface area contributed by atoms with Crippen LogP contribution in [0, 0.1) is 0 Å². The van der Waals surface area contributed by atoms with Gasteiger partial charge in [0.25, 0.3) is 11.8 Å². The van der Waals surface area contributed by atoms with Crippen LogP contribution in [-0.2, 0) is 35.7 Å². The molecule has 2 aromatic rings. The summed E-state index contributed by atoms with van der Waals surface area (Å²) in [5.41, 5.74) is 2.09. The molecule has 4 aliphatic rings. The zero-order valence-electron chi connectivity index (χ0n) is 32.6. The lowest BCUT2D eigenvalue weighted by molar-refractivity contribution is -0.254. The van der Waals surface area contributed by atoms with Crippen LogP contribution < -0.4 is 15.9 Å². The van der Waals surface area contributed by atoms with Crippen molar-refractivity contribution >= 4 is 47.4 Å². The van der Waals surface area contributed by atoms with E-state index >= 15 is 0 Å². The molecule has 0 aromatic heterocycles. The van der Waals surface area contributed by atoms with Gasteiger partial charge in [0.2, 0.25) is 11.7 Å². The lowest BCUT2D eigenvalue weighted by Crippen LogP contribution is -2.60. The number of ketones is 2. The lowest BCUT2D eigenvalue weighted by atomic mass is 9.62. The van der Waals surface area contributed by atoms with Crippen molar-refractivity contribution in [3.63, 3.8) is 0 Å². The number of benzene rings is 2. The first-order valence-corrected chi connectivity index (χ1v) is 18.7. The van der Waals surface area contributed by atoms with E-state index in [0.29, 0.717) is 19.3 Å². The highest BCUT2D eigenvalue weighted by molar-refractivity contribution is 6.31. The number of imide groups is 1. The van der Waals surface area contributed by atoms with Gasteiger partial charge >= 0.3 is 0 Å². The van der Waals surface area contributed by atoms with Gasteiger partial charge in [-0.25, -0.2) is 5.43 Å². The van der Waals surface area contributed by atoms with E-state index in [-0.39, 0.29) is 90.4 Å². The van der Waals surface area contributed by atoms with E-state index in [0.717, 1.165) is 4.90 Å². The molecule has 2 heterocycles. The number of aliphatic hydroxyl groups excluding tert-OH is 1. The minimum Gasteiger partial charge on any atom is -0.507 e. The number of phenolic OH excluding ortho intramolecular Hbond substituents is 2. The maximum atomic E-state index is 14.1. The highest BCUT2D eigenvalue weighted by Gasteiger charge is 2.53. The summed E-state index contributed by atoms with van der Waals surface area (Å²) >= 11 is 0. The predicted molar refractivity (Wildman–Crippen MR) is 208 cm³/mol. The van der Waals surface area contributed by atoms with E-state index in [1.807, 2.05) is 0 Å². The summed E-state index contributed by atoms with van der Waals surface area (Å²) in [6.45, 7) is 3.78. The number of rotatable bonds is 13. The average molecular weight is 829 g/mol. The smallest absolute Gasteiger partial charge is 0.253 e. The molecule has 1 unspecified atom stereocenters. The Morgan fingerprint density at radius 2 is 1.69 bits per heavy atom. The van der Waals surface area contributed by atoms with E-state index in [4.69, 9.17) is 19.9 Å². The van der Waals surface area contributed by atoms with Crippen LogP contribution in [0.3, 0.4) is 0 Å². The minimum atomic E-state index is -2.13. The zero-order chi connectivity index (χ0) is 41.6.